The van der Waals surface area contributed by atoms with E-state index in [1.54, 1.807) is 11.3 Å². The standard InChI is InChI=1S/C17H30BrNS/c1-3-5-6-7-8-9-10-11-17(19-12-4-2)15-13-20-14-16(15)18/h13-14,17,19H,3-12H2,1-2H3. The van der Waals surface area contributed by atoms with Crippen molar-refractivity contribution in [2.24, 2.45) is 0 Å². The predicted molar refractivity (Wildman–Crippen MR) is 95.7 cm³/mol. The smallest absolute Gasteiger partial charge is 0.0339 e. The SMILES string of the molecule is CCCCCCCCCC(NCCC)c1cscc1Br. The van der Waals surface area contributed by atoms with Crippen molar-refractivity contribution < 1.29 is 0 Å². The lowest BCUT2D eigenvalue weighted by Gasteiger charge is -2.18. The molecule has 0 aliphatic carbocycles. The molecule has 0 bridgehead atoms. The first-order valence-electron chi connectivity index (χ1n) is 8.24. The number of unbranched alkanes of at least 4 members (excludes halogenated alkanes) is 6. The molecule has 1 N–H and O–H groups in total. The number of thiophene rings is 1. The number of halogens is 1. The molecule has 1 rings (SSSR count). The van der Waals surface area contributed by atoms with Crippen molar-refractivity contribution in [2.45, 2.75) is 77.7 Å². The molecule has 0 aliphatic heterocycles. The Balaban J connectivity index is 2.26. The molecular weight excluding hydrogens is 330 g/mol. The first-order chi connectivity index (χ1) is 9.79. The fourth-order valence-corrected chi connectivity index (χ4v) is 4.16. The molecule has 0 amide bonds. The van der Waals surface area contributed by atoms with Gasteiger partial charge in [-0.15, -0.1) is 0 Å². The molecule has 116 valence electrons. The number of rotatable bonds is 12. The van der Waals surface area contributed by atoms with Crippen molar-refractivity contribution >= 4 is 27.3 Å². The topological polar surface area (TPSA) is 12.0 Å². The van der Waals surface area contributed by atoms with Crippen molar-refractivity contribution in [3.8, 4) is 0 Å². The highest BCUT2D eigenvalue weighted by atomic mass is 79.9. The van der Waals surface area contributed by atoms with Gasteiger partial charge in [-0.3, -0.25) is 0 Å². The maximum absolute atomic E-state index is 3.70. The second-order valence-corrected chi connectivity index (χ2v) is 7.19. The fourth-order valence-electron chi connectivity index (χ4n) is 2.53. The monoisotopic (exact) mass is 359 g/mol. The third kappa shape index (κ3) is 7.24. The second-order valence-electron chi connectivity index (χ2n) is 5.59. The maximum Gasteiger partial charge on any atom is 0.0339 e. The van der Waals surface area contributed by atoms with E-state index < -0.39 is 0 Å². The maximum atomic E-state index is 3.70. The first kappa shape index (κ1) is 18.2. The van der Waals surface area contributed by atoms with E-state index in [9.17, 15) is 0 Å². The van der Waals surface area contributed by atoms with E-state index in [0.717, 1.165) is 6.54 Å². The van der Waals surface area contributed by atoms with Crippen LogP contribution in [0.4, 0.5) is 0 Å². The Morgan fingerprint density at radius 1 is 1.00 bits per heavy atom. The van der Waals surface area contributed by atoms with Crippen LogP contribution in [0.5, 0.6) is 0 Å². The normalized spacial score (nSPS) is 12.8. The number of hydrogen-bond acceptors (Lipinski definition) is 2. The van der Waals surface area contributed by atoms with Crippen LogP contribution in [0.25, 0.3) is 0 Å². The molecule has 1 aromatic rings. The molecule has 1 heterocycles. The summed E-state index contributed by atoms with van der Waals surface area (Å²) >= 11 is 5.47. The highest BCUT2D eigenvalue weighted by Gasteiger charge is 2.14. The molecule has 0 aromatic carbocycles. The van der Waals surface area contributed by atoms with Gasteiger partial charge in [0.25, 0.3) is 0 Å². The Morgan fingerprint density at radius 3 is 2.30 bits per heavy atom. The molecule has 1 atom stereocenters. The van der Waals surface area contributed by atoms with Crippen molar-refractivity contribution in [2.75, 3.05) is 6.54 Å². The van der Waals surface area contributed by atoms with Crippen LogP contribution in [-0.2, 0) is 0 Å². The summed E-state index contributed by atoms with van der Waals surface area (Å²) in [6.07, 6.45) is 12.2. The van der Waals surface area contributed by atoms with Crippen molar-refractivity contribution in [1.29, 1.82) is 0 Å². The Morgan fingerprint density at radius 2 is 1.70 bits per heavy atom. The molecule has 0 spiro atoms. The van der Waals surface area contributed by atoms with Gasteiger partial charge in [0.15, 0.2) is 0 Å². The molecule has 1 aromatic heterocycles. The van der Waals surface area contributed by atoms with Crippen LogP contribution in [0, 0.1) is 0 Å². The van der Waals surface area contributed by atoms with E-state index >= 15 is 0 Å². The molecule has 1 unspecified atom stereocenters. The van der Waals surface area contributed by atoms with E-state index in [2.05, 4.69) is 45.9 Å². The van der Waals surface area contributed by atoms with Gasteiger partial charge in [-0.25, -0.2) is 0 Å². The molecule has 0 fully saturated rings. The number of hydrogen-bond donors (Lipinski definition) is 1. The summed E-state index contributed by atoms with van der Waals surface area (Å²) in [5.74, 6) is 0. The zero-order valence-electron chi connectivity index (χ0n) is 13.1. The van der Waals surface area contributed by atoms with E-state index in [1.165, 1.54) is 67.8 Å². The average molecular weight is 360 g/mol. The zero-order chi connectivity index (χ0) is 14.6. The van der Waals surface area contributed by atoms with Crippen molar-refractivity contribution in [3.05, 3.63) is 20.8 Å². The summed E-state index contributed by atoms with van der Waals surface area (Å²) in [6, 6.07) is 0.534. The van der Waals surface area contributed by atoms with Crippen LogP contribution in [-0.4, -0.2) is 6.54 Å². The van der Waals surface area contributed by atoms with Crippen LogP contribution >= 0.6 is 27.3 Å². The van der Waals surface area contributed by atoms with Gasteiger partial charge in [0, 0.05) is 15.9 Å². The molecule has 3 heteroatoms. The van der Waals surface area contributed by atoms with E-state index in [4.69, 9.17) is 0 Å². The molecule has 0 aliphatic rings. The molecule has 0 radical (unpaired) electrons. The third-order valence-electron chi connectivity index (χ3n) is 3.75. The summed E-state index contributed by atoms with van der Waals surface area (Å²) in [6.45, 7) is 5.63. The van der Waals surface area contributed by atoms with E-state index in [-0.39, 0.29) is 0 Å². The van der Waals surface area contributed by atoms with Gasteiger partial charge in [-0.2, -0.15) is 11.3 Å². The average Bonchev–Trinajstić information content (AvgIpc) is 2.87. The summed E-state index contributed by atoms with van der Waals surface area (Å²) in [4.78, 5) is 0. The van der Waals surface area contributed by atoms with Crippen LogP contribution < -0.4 is 5.32 Å². The Hall–Kier alpha value is 0.140. The summed E-state index contributed by atoms with van der Waals surface area (Å²) < 4.78 is 1.28. The Kier molecular flexibility index (Phi) is 10.7. The van der Waals surface area contributed by atoms with Gasteiger partial charge >= 0.3 is 0 Å². The molecule has 0 saturated carbocycles. The number of nitrogens with one attached hydrogen (secondary N) is 1. The van der Waals surface area contributed by atoms with Gasteiger partial charge in [-0.1, -0.05) is 58.8 Å². The Bertz CT molecular complexity index is 337. The highest BCUT2D eigenvalue weighted by Crippen LogP contribution is 2.30. The minimum atomic E-state index is 0.534. The van der Waals surface area contributed by atoms with Gasteiger partial charge in [0.1, 0.15) is 0 Å². The lowest BCUT2D eigenvalue weighted by molar-refractivity contribution is 0.465. The highest BCUT2D eigenvalue weighted by molar-refractivity contribution is 9.10. The molecule has 20 heavy (non-hydrogen) atoms. The summed E-state index contributed by atoms with van der Waals surface area (Å²) in [7, 11) is 0. The van der Waals surface area contributed by atoms with Gasteiger partial charge in [0.05, 0.1) is 0 Å². The fraction of sp³-hybridized carbons (Fsp3) is 0.765. The zero-order valence-corrected chi connectivity index (χ0v) is 15.5. The lowest BCUT2D eigenvalue weighted by atomic mass is 10.0. The largest absolute Gasteiger partial charge is 0.310 e. The van der Waals surface area contributed by atoms with Crippen molar-refractivity contribution in [3.63, 3.8) is 0 Å². The van der Waals surface area contributed by atoms with Crippen LogP contribution in [0.15, 0.2) is 15.2 Å². The summed E-state index contributed by atoms with van der Waals surface area (Å²) in [5.41, 5.74) is 1.45. The van der Waals surface area contributed by atoms with Crippen LogP contribution in [0.2, 0.25) is 0 Å². The van der Waals surface area contributed by atoms with Crippen LogP contribution in [0.3, 0.4) is 0 Å². The quantitative estimate of drug-likeness (QED) is 0.409. The van der Waals surface area contributed by atoms with Gasteiger partial charge in [0.2, 0.25) is 0 Å². The Labute approximate surface area is 137 Å². The minimum Gasteiger partial charge on any atom is -0.310 e. The van der Waals surface area contributed by atoms with E-state index in [0.29, 0.717) is 6.04 Å². The molecule has 0 saturated heterocycles. The van der Waals surface area contributed by atoms with Gasteiger partial charge < -0.3 is 5.32 Å². The van der Waals surface area contributed by atoms with E-state index in [1.807, 2.05) is 0 Å². The van der Waals surface area contributed by atoms with Crippen molar-refractivity contribution in [1.82, 2.24) is 5.32 Å². The summed E-state index contributed by atoms with van der Waals surface area (Å²) in [5, 5.41) is 8.19. The second kappa shape index (κ2) is 11.8. The molecule has 1 nitrogen and oxygen atoms in total. The van der Waals surface area contributed by atoms with Crippen LogP contribution in [0.1, 0.15) is 83.2 Å². The predicted octanol–water partition coefficient (Wildman–Crippen LogP) is 6.69. The molecular formula is C17H30BrNS. The first-order valence-corrected chi connectivity index (χ1v) is 9.98. The lowest BCUT2D eigenvalue weighted by Crippen LogP contribution is -2.22. The minimum absolute atomic E-state index is 0.534. The third-order valence-corrected chi connectivity index (χ3v) is 5.51. The van der Waals surface area contributed by atoms with Gasteiger partial charge in [-0.05, 0) is 46.3 Å².